The second-order valence-electron chi connectivity index (χ2n) is 5.09. The molecule has 7 nitrogen and oxygen atoms in total. The Labute approximate surface area is 146 Å². The standard InChI is InChI=1S/C17H12N2O5S/c1-2-9-18-16(20)15(25-17(18)21)10-13-7-8-14(24-13)11-3-5-12(6-4-11)19(22)23/h2-8,10H,1,9H2/b15-10-. The number of amides is 2. The van der Waals surface area contributed by atoms with Crippen LogP contribution in [0.25, 0.3) is 17.4 Å². The van der Waals surface area contributed by atoms with Crippen LogP contribution in [0.2, 0.25) is 0 Å². The molecule has 1 aromatic heterocycles. The molecule has 126 valence electrons. The highest BCUT2D eigenvalue weighted by molar-refractivity contribution is 8.18. The van der Waals surface area contributed by atoms with Crippen LogP contribution in [0.3, 0.4) is 0 Å². The van der Waals surface area contributed by atoms with Gasteiger partial charge in [0.25, 0.3) is 16.8 Å². The quantitative estimate of drug-likeness (QED) is 0.347. The van der Waals surface area contributed by atoms with Crippen molar-refractivity contribution >= 4 is 34.7 Å². The molecule has 0 spiro atoms. The minimum Gasteiger partial charge on any atom is -0.457 e. The van der Waals surface area contributed by atoms with E-state index in [4.69, 9.17) is 4.42 Å². The van der Waals surface area contributed by atoms with E-state index >= 15 is 0 Å². The van der Waals surface area contributed by atoms with Gasteiger partial charge in [-0.2, -0.15) is 0 Å². The molecule has 8 heteroatoms. The number of furan rings is 1. The highest BCUT2D eigenvalue weighted by atomic mass is 32.2. The fourth-order valence-corrected chi connectivity index (χ4v) is 3.08. The molecule has 1 aliphatic heterocycles. The van der Waals surface area contributed by atoms with Crippen LogP contribution in [-0.2, 0) is 4.79 Å². The third-order valence-electron chi connectivity index (χ3n) is 3.45. The molecular formula is C17H12N2O5S. The van der Waals surface area contributed by atoms with E-state index in [-0.39, 0.29) is 28.3 Å². The Hall–Kier alpha value is -3.13. The van der Waals surface area contributed by atoms with Crippen molar-refractivity contribution in [3.63, 3.8) is 0 Å². The van der Waals surface area contributed by atoms with Crippen LogP contribution in [0.4, 0.5) is 10.5 Å². The zero-order chi connectivity index (χ0) is 18.0. The van der Waals surface area contributed by atoms with Crippen molar-refractivity contribution in [1.29, 1.82) is 0 Å². The molecular weight excluding hydrogens is 344 g/mol. The van der Waals surface area contributed by atoms with Gasteiger partial charge in [0.15, 0.2) is 0 Å². The van der Waals surface area contributed by atoms with Crippen LogP contribution in [0.1, 0.15) is 5.76 Å². The highest BCUT2D eigenvalue weighted by Gasteiger charge is 2.34. The fourth-order valence-electron chi connectivity index (χ4n) is 2.25. The van der Waals surface area contributed by atoms with Crippen molar-refractivity contribution < 1.29 is 18.9 Å². The van der Waals surface area contributed by atoms with Gasteiger partial charge in [-0.1, -0.05) is 6.08 Å². The molecule has 1 fully saturated rings. The minimum atomic E-state index is -0.475. The predicted octanol–water partition coefficient (Wildman–Crippen LogP) is 4.08. The molecule has 0 aliphatic carbocycles. The Morgan fingerprint density at radius 2 is 1.92 bits per heavy atom. The van der Waals surface area contributed by atoms with Gasteiger partial charge in [0.1, 0.15) is 11.5 Å². The van der Waals surface area contributed by atoms with Crippen LogP contribution in [0.15, 0.2) is 58.4 Å². The second-order valence-corrected chi connectivity index (χ2v) is 6.08. The normalized spacial score (nSPS) is 15.8. The summed E-state index contributed by atoms with van der Waals surface area (Å²) in [6.45, 7) is 3.68. The maximum atomic E-state index is 12.2. The first-order valence-corrected chi connectivity index (χ1v) is 8.02. The van der Waals surface area contributed by atoms with E-state index in [9.17, 15) is 19.7 Å². The third kappa shape index (κ3) is 3.38. The summed E-state index contributed by atoms with van der Waals surface area (Å²) in [5.74, 6) is 0.534. The molecule has 2 heterocycles. The van der Waals surface area contributed by atoms with E-state index in [0.29, 0.717) is 17.1 Å². The lowest BCUT2D eigenvalue weighted by atomic mass is 10.1. The first-order chi connectivity index (χ1) is 12.0. The van der Waals surface area contributed by atoms with E-state index in [1.54, 1.807) is 24.3 Å². The number of nitro groups is 1. The van der Waals surface area contributed by atoms with Crippen molar-refractivity contribution in [2.75, 3.05) is 6.54 Å². The number of hydrogen-bond donors (Lipinski definition) is 0. The number of benzene rings is 1. The van der Waals surface area contributed by atoms with Gasteiger partial charge in [-0.25, -0.2) is 0 Å². The molecule has 1 aliphatic rings. The van der Waals surface area contributed by atoms with Crippen molar-refractivity contribution in [1.82, 2.24) is 4.90 Å². The van der Waals surface area contributed by atoms with Crippen LogP contribution in [0.5, 0.6) is 0 Å². The van der Waals surface area contributed by atoms with E-state index < -0.39 is 4.92 Å². The van der Waals surface area contributed by atoms with Crippen LogP contribution in [-0.4, -0.2) is 27.5 Å². The van der Waals surface area contributed by atoms with E-state index in [0.717, 1.165) is 16.7 Å². The Morgan fingerprint density at radius 1 is 1.20 bits per heavy atom. The molecule has 25 heavy (non-hydrogen) atoms. The maximum Gasteiger partial charge on any atom is 0.293 e. The summed E-state index contributed by atoms with van der Waals surface area (Å²) in [5, 5.41) is 10.3. The van der Waals surface area contributed by atoms with Gasteiger partial charge in [0, 0.05) is 30.3 Å². The van der Waals surface area contributed by atoms with E-state index in [2.05, 4.69) is 6.58 Å². The number of hydrogen-bond acceptors (Lipinski definition) is 6. The number of non-ortho nitro benzene ring substituents is 1. The molecule has 0 radical (unpaired) electrons. The number of rotatable bonds is 5. The molecule has 1 saturated heterocycles. The molecule has 2 aromatic rings. The molecule has 3 rings (SSSR count). The molecule has 0 unspecified atom stereocenters. The van der Waals surface area contributed by atoms with Crippen LogP contribution < -0.4 is 0 Å². The fraction of sp³-hybridized carbons (Fsp3) is 0.0588. The number of carbonyl (C=O) groups excluding carboxylic acids is 2. The van der Waals surface area contributed by atoms with Gasteiger partial charge in [0.2, 0.25) is 0 Å². The summed E-state index contributed by atoms with van der Waals surface area (Å²) in [6, 6.07) is 9.30. The number of thioether (sulfide) groups is 1. The topological polar surface area (TPSA) is 93.7 Å². The van der Waals surface area contributed by atoms with Crippen molar-refractivity contribution in [2.45, 2.75) is 0 Å². The first-order valence-electron chi connectivity index (χ1n) is 7.20. The Bertz CT molecular complexity index is 898. The predicted molar refractivity (Wildman–Crippen MR) is 93.7 cm³/mol. The van der Waals surface area contributed by atoms with Crippen LogP contribution >= 0.6 is 11.8 Å². The lowest BCUT2D eigenvalue weighted by molar-refractivity contribution is -0.384. The zero-order valence-electron chi connectivity index (χ0n) is 12.9. The lowest BCUT2D eigenvalue weighted by Crippen LogP contribution is -2.27. The summed E-state index contributed by atoms with van der Waals surface area (Å²) in [6.07, 6.45) is 2.99. The van der Waals surface area contributed by atoms with Gasteiger partial charge in [-0.05, 0) is 36.0 Å². The summed E-state index contributed by atoms with van der Waals surface area (Å²) >= 11 is 0.843. The maximum absolute atomic E-state index is 12.2. The molecule has 0 N–H and O–H groups in total. The summed E-state index contributed by atoms with van der Waals surface area (Å²) in [5.41, 5.74) is 0.663. The Morgan fingerprint density at radius 3 is 2.56 bits per heavy atom. The van der Waals surface area contributed by atoms with E-state index in [1.807, 2.05) is 0 Å². The van der Waals surface area contributed by atoms with Gasteiger partial charge in [-0.15, -0.1) is 6.58 Å². The summed E-state index contributed by atoms with van der Waals surface area (Å²) in [7, 11) is 0. The molecule has 1 aromatic carbocycles. The lowest BCUT2D eigenvalue weighted by Gasteiger charge is -2.07. The Kier molecular flexibility index (Phi) is 4.53. The summed E-state index contributed by atoms with van der Waals surface area (Å²) < 4.78 is 5.65. The van der Waals surface area contributed by atoms with Gasteiger partial charge >= 0.3 is 0 Å². The highest BCUT2D eigenvalue weighted by Crippen LogP contribution is 2.33. The van der Waals surface area contributed by atoms with Gasteiger partial charge in [-0.3, -0.25) is 24.6 Å². The SMILES string of the molecule is C=CCN1C(=O)S/C(=C\c2ccc(-c3ccc([N+](=O)[O-])cc3)o2)C1=O. The minimum absolute atomic E-state index is 0.00794. The second kappa shape index (κ2) is 6.78. The van der Waals surface area contributed by atoms with Gasteiger partial charge < -0.3 is 4.42 Å². The number of carbonyl (C=O) groups is 2. The number of imide groups is 1. The van der Waals surface area contributed by atoms with Crippen molar-refractivity contribution in [2.24, 2.45) is 0 Å². The third-order valence-corrected chi connectivity index (χ3v) is 4.36. The van der Waals surface area contributed by atoms with Gasteiger partial charge in [0.05, 0.1) is 9.83 Å². The van der Waals surface area contributed by atoms with Crippen molar-refractivity contribution in [3.05, 3.63) is 69.8 Å². The largest absolute Gasteiger partial charge is 0.457 e. The van der Waals surface area contributed by atoms with E-state index in [1.165, 1.54) is 24.3 Å². The van der Waals surface area contributed by atoms with Crippen LogP contribution in [0, 0.1) is 10.1 Å². The smallest absolute Gasteiger partial charge is 0.293 e. The zero-order valence-corrected chi connectivity index (χ0v) is 13.7. The molecule has 0 saturated carbocycles. The van der Waals surface area contributed by atoms with Crippen molar-refractivity contribution in [3.8, 4) is 11.3 Å². The molecule has 0 atom stereocenters. The molecule has 2 amide bonds. The first kappa shape index (κ1) is 16.7. The Balaban J connectivity index is 1.82. The average Bonchev–Trinajstić information content (AvgIpc) is 3.16. The number of nitrogens with zero attached hydrogens (tertiary/aromatic N) is 2. The number of nitro benzene ring substituents is 1. The monoisotopic (exact) mass is 356 g/mol. The molecule has 0 bridgehead atoms. The summed E-state index contributed by atoms with van der Waals surface area (Å²) in [4.78, 5) is 35.5. The average molecular weight is 356 g/mol.